The van der Waals surface area contributed by atoms with E-state index in [2.05, 4.69) is 0 Å². The highest BCUT2D eigenvalue weighted by molar-refractivity contribution is 8.13. The number of halogens is 1. The number of carbonyl (C=O) groups excluding carboxylic acids is 1. The smallest absolute Gasteiger partial charge is 0.270 e. The van der Waals surface area contributed by atoms with Gasteiger partial charge in [0.05, 0.1) is 12.7 Å². The summed E-state index contributed by atoms with van der Waals surface area (Å²) >= 11 is 0. The second-order valence-corrected chi connectivity index (χ2v) is 7.32. The molecule has 1 aromatic rings. The lowest BCUT2D eigenvalue weighted by atomic mass is 10.3. The lowest BCUT2D eigenvalue weighted by molar-refractivity contribution is 0.0527. The van der Waals surface area contributed by atoms with Crippen LogP contribution in [0.1, 0.15) is 24.3 Å². The molecular formula is C12H19ClN2O4S. The largest absolute Gasteiger partial charge is 0.377 e. The lowest BCUT2D eigenvalue weighted by Gasteiger charge is -2.18. The normalized spacial score (nSPS) is 11.9. The minimum atomic E-state index is -3.84. The fourth-order valence-electron chi connectivity index (χ4n) is 1.60. The Balaban J connectivity index is 2.79. The van der Waals surface area contributed by atoms with E-state index in [0.29, 0.717) is 13.2 Å². The van der Waals surface area contributed by atoms with Crippen molar-refractivity contribution in [3.05, 3.63) is 18.0 Å². The van der Waals surface area contributed by atoms with Gasteiger partial charge in [0.25, 0.3) is 15.0 Å². The van der Waals surface area contributed by atoms with Crippen LogP contribution in [0, 0.1) is 0 Å². The first-order valence-corrected chi connectivity index (χ1v) is 8.42. The molecule has 1 heterocycles. The van der Waals surface area contributed by atoms with E-state index in [1.807, 2.05) is 13.8 Å². The summed E-state index contributed by atoms with van der Waals surface area (Å²) in [5.41, 5.74) is 0.260. The zero-order chi connectivity index (χ0) is 15.5. The SMILES string of the molecule is CC(C)OCCN(C)C(=O)c1cc(S(=O)(=O)Cl)cn1C. The Labute approximate surface area is 123 Å². The zero-order valence-corrected chi connectivity index (χ0v) is 13.5. The summed E-state index contributed by atoms with van der Waals surface area (Å²) in [6.07, 6.45) is 1.41. The summed E-state index contributed by atoms with van der Waals surface area (Å²) in [5, 5.41) is 0. The van der Waals surface area contributed by atoms with E-state index in [1.54, 1.807) is 14.1 Å². The number of hydrogen-bond donors (Lipinski definition) is 0. The molecule has 20 heavy (non-hydrogen) atoms. The Morgan fingerprint density at radius 2 is 2.10 bits per heavy atom. The summed E-state index contributed by atoms with van der Waals surface area (Å²) in [6.45, 7) is 4.67. The third kappa shape index (κ3) is 4.50. The fraction of sp³-hybridized carbons (Fsp3) is 0.583. The maximum Gasteiger partial charge on any atom is 0.270 e. The van der Waals surface area contributed by atoms with Crippen molar-refractivity contribution in [1.29, 1.82) is 0 Å². The van der Waals surface area contributed by atoms with Gasteiger partial charge < -0.3 is 14.2 Å². The van der Waals surface area contributed by atoms with Crippen LogP contribution in [0.2, 0.25) is 0 Å². The van der Waals surface area contributed by atoms with Gasteiger partial charge in [0.1, 0.15) is 10.6 Å². The highest BCUT2D eigenvalue weighted by Gasteiger charge is 2.20. The Kier molecular flexibility index (Phi) is 5.61. The highest BCUT2D eigenvalue weighted by Crippen LogP contribution is 2.18. The second-order valence-electron chi connectivity index (χ2n) is 4.76. The highest BCUT2D eigenvalue weighted by atomic mass is 35.7. The molecule has 8 heteroatoms. The maximum absolute atomic E-state index is 12.2. The molecule has 0 fully saturated rings. The van der Waals surface area contributed by atoms with Crippen LogP contribution < -0.4 is 0 Å². The van der Waals surface area contributed by atoms with Gasteiger partial charge >= 0.3 is 0 Å². The summed E-state index contributed by atoms with van der Waals surface area (Å²) < 4.78 is 29.3. The molecule has 0 aromatic carbocycles. The lowest BCUT2D eigenvalue weighted by Crippen LogP contribution is -2.31. The van der Waals surface area contributed by atoms with Gasteiger partial charge in [-0.15, -0.1) is 0 Å². The van der Waals surface area contributed by atoms with Crippen LogP contribution >= 0.6 is 10.7 Å². The molecule has 0 spiro atoms. The molecule has 0 aliphatic carbocycles. The van der Waals surface area contributed by atoms with Gasteiger partial charge in [-0.05, 0) is 19.9 Å². The van der Waals surface area contributed by atoms with Crippen LogP contribution in [0.25, 0.3) is 0 Å². The Hall–Kier alpha value is -1.05. The van der Waals surface area contributed by atoms with Gasteiger partial charge in [-0.1, -0.05) is 0 Å². The first-order chi connectivity index (χ1) is 9.12. The number of likely N-dealkylation sites (N-methyl/N-ethyl adjacent to an activating group) is 1. The van der Waals surface area contributed by atoms with E-state index in [1.165, 1.54) is 21.7 Å². The third-order valence-electron chi connectivity index (χ3n) is 2.71. The predicted molar refractivity (Wildman–Crippen MR) is 76.5 cm³/mol. The molecule has 0 bridgehead atoms. The number of amides is 1. The predicted octanol–water partition coefficient (Wildman–Crippen LogP) is 1.45. The van der Waals surface area contributed by atoms with Gasteiger partial charge in [-0.2, -0.15) is 0 Å². The first kappa shape index (κ1) is 17.0. The molecule has 0 unspecified atom stereocenters. The fourth-order valence-corrected chi connectivity index (χ4v) is 2.39. The minimum absolute atomic E-state index is 0.0863. The molecule has 0 saturated heterocycles. The molecule has 0 aliphatic rings. The van der Waals surface area contributed by atoms with E-state index in [-0.39, 0.29) is 22.6 Å². The molecule has 0 atom stereocenters. The number of hydrogen-bond acceptors (Lipinski definition) is 4. The van der Waals surface area contributed by atoms with E-state index < -0.39 is 9.05 Å². The Morgan fingerprint density at radius 3 is 2.55 bits per heavy atom. The molecular weight excluding hydrogens is 304 g/mol. The van der Waals surface area contributed by atoms with Gasteiger partial charge in [-0.25, -0.2) is 8.42 Å². The molecule has 0 aliphatic heterocycles. The molecule has 114 valence electrons. The van der Waals surface area contributed by atoms with Gasteiger partial charge in [0.15, 0.2) is 0 Å². The van der Waals surface area contributed by atoms with Gasteiger partial charge in [0, 0.05) is 37.5 Å². The van der Waals surface area contributed by atoms with E-state index in [0.717, 1.165) is 0 Å². The van der Waals surface area contributed by atoms with Crippen molar-refractivity contribution >= 4 is 25.6 Å². The second kappa shape index (κ2) is 6.60. The maximum atomic E-state index is 12.2. The topological polar surface area (TPSA) is 68.6 Å². The standard InChI is InChI=1S/C12H19ClN2O4S/c1-9(2)19-6-5-14(3)12(16)11-7-10(8-15(11)4)20(13,17)18/h7-9H,5-6H2,1-4H3. The molecule has 0 N–H and O–H groups in total. The number of rotatable bonds is 6. The number of nitrogens with zero attached hydrogens (tertiary/aromatic N) is 2. The van der Waals surface area contributed by atoms with Gasteiger partial charge in [-0.3, -0.25) is 4.79 Å². The molecule has 0 radical (unpaired) electrons. The van der Waals surface area contributed by atoms with Crippen molar-refractivity contribution in [1.82, 2.24) is 9.47 Å². The number of aryl methyl sites for hydroxylation is 1. The van der Waals surface area contributed by atoms with Crippen LogP contribution in [0.15, 0.2) is 17.2 Å². The van der Waals surface area contributed by atoms with Crippen molar-refractivity contribution in [3.63, 3.8) is 0 Å². The van der Waals surface area contributed by atoms with Crippen LogP contribution in [-0.4, -0.2) is 50.1 Å². The summed E-state index contributed by atoms with van der Waals surface area (Å²) in [5.74, 6) is -0.286. The van der Waals surface area contributed by atoms with Crippen LogP contribution in [0.5, 0.6) is 0 Å². The minimum Gasteiger partial charge on any atom is -0.377 e. The molecule has 6 nitrogen and oxygen atoms in total. The van der Waals surface area contributed by atoms with E-state index >= 15 is 0 Å². The monoisotopic (exact) mass is 322 g/mol. The summed E-state index contributed by atoms with van der Waals surface area (Å²) in [4.78, 5) is 13.6. The average molecular weight is 323 g/mol. The van der Waals surface area contributed by atoms with Gasteiger partial charge in [0.2, 0.25) is 0 Å². The molecule has 1 rings (SSSR count). The summed E-state index contributed by atoms with van der Waals surface area (Å²) in [6, 6.07) is 1.27. The average Bonchev–Trinajstić information content (AvgIpc) is 2.69. The zero-order valence-electron chi connectivity index (χ0n) is 12.0. The quantitative estimate of drug-likeness (QED) is 0.743. The van der Waals surface area contributed by atoms with Crippen LogP contribution in [0.4, 0.5) is 0 Å². The first-order valence-electron chi connectivity index (χ1n) is 6.11. The van der Waals surface area contributed by atoms with Crippen molar-refractivity contribution in [2.75, 3.05) is 20.2 Å². The van der Waals surface area contributed by atoms with Crippen molar-refractivity contribution in [2.45, 2.75) is 24.8 Å². The number of aromatic nitrogens is 1. The Morgan fingerprint density at radius 1 is 1.50 bits per heavy atom. The van der Waals surface area contributed by atoms with Crippen LogP contribution in [-0.2, 0) is 20.8 Å². The number of ether oxygens (including phenoxy) is 1. The van der Waals surface area contributed by atoms with Crippen molar-refractivity contribution in [2.24, 2.45) is 7.05 Å². The van der Waals surface area contributed by atoms with E-state index in [9.17, 15) is 13.2 Å². The third-order valence-corrected chi connectivity index (χ3v) is 4.03. The molecule has 0 saturated carbocycles. The van der Waals surface area contributed by atoms with Crippen LogP contribution in [0.3, 0.4) is 0 Å². The van der Waals surface area contributed by atoms with E-state index in [4.69, 9.17) is 15.4 Å². The Bertz CT molecular complexity index is 580. The number of carbonyl (C=O) groups is 1. The molecule has 1 amide bonds. The van der Waals surface area contributed by atoms with Crippen molar-refractivity contribution < 1.29 is 17.9 Å². The molecule has 1 aromatic heterocycles. The summed E-state index contributed by atoms with van der Waals surface area (Å²) in [7, 11) is 4.65. The van der Waals surface area contributed by atoms with Crippen molar-refractivity contribution in [3.8, 4) is 0 Å².